The SMILES string of the molecule is COC(OC)C1CCN(c2ccc3nc(N)n(C)c3c2)CC1. The van der Waals surface area contributed by atoms with Crippen molar-refractivity contribution < 1.29 is 9.47 Å². The number of nitrogens with zero attached hydrogens (tertiary/aromatic N) is 3. The molecule has 22 heavy (non-hydrogen) atoms. The summed E-state index contributed by atoms with van der Waals surface area (Å²) in [7, 11) is 5.37. The van der Waals surface area contributed by atoms with Crippen LogP contribution in [0.2, 0.25) is 0 Å². The van der Waals surface area contributed by atoms with E-state index in [1.807, 2.05) is 17.7 Å². The summed E-state index contributed by atoms with van der Waals surface area (Å²) in [6.07, 6.45) is 2.04. The normalized spacial score (nSPS) is 16.8. The minimum atomic E-state index is -0.0958. The maximum absolute atomic E-state index is 5.87. The van der Waals surface area contributed by atoms with Crippen LogP contribution in [0.3, 0.4) is 0 Å². The van der Waals surface area contributed by atoms with Crippen LogP contribution in [0.4, 0.5) is 11.6 Å². The van der Waals surface area contributed by atoms with Gasteiger partial charge < -0.3 is 24.7 Å². The van der Waals surface area contributed by atoms with Crippen molar-refractivity contribution in [1.29, 1.82) is 0 Å². The van der Waals surface area contributed by atoms with E-state index in [9.17, 15) is 0 Å². The monoisotopic (exact) mass is 304 g/mol. The molecule has 1 aromatic carbocycles. The molecular formula is C16H24N4O2. The van der Waals surface area contributed by atoms with Gasteiger partial charge in [-0.3, -0.25) is 0 Å². The van der Waals surface area contributed by atoms with Crippen LogP contribution in [-0.2, 0) is 16.5 Å². The Bertz CT molecular complexity index is 643. The van der Waals surface area contributed by atoms with E-state index >= 15 is 0 Å². The maximum atomic E-state index is 5.87. The van der Waals surface area contributed by atoms with Crippen molar-refractivity contribution in [2.45, 2.75) is 19.1 Å². The van der Waals surface area contributed by atoms with Crippen LogP contribution in [0.15, 0.2) is 18.2 Å². The fourth-order valence-corrected chi connectivity index (χ4v) is 3.30. The van der Waals surface area contributed by atoms with Crippen LogP contribution in [-0.4, -0.2) is 43.2 Å². The van der Waals surface area contributed by atoms with E-state index in [0.29, 0.717) is 11.9 Å². The topological polar surface area (TPSA) is 65.5 Å². The van der Waals surface area contributed by atoms with Gasteiger partial charge in [0.2, 0.25) is 5.95 Å². The Kier molecular flexibility index (Phi) is 4.22. The quantitative estimate of drug-likeness (QED) is 0.875. The number of fused-ring (bicyclic) bond motifs is 1. The average molecular weight is 304 g/mol. The number of benzene rings is 1. The number of aryl methyl sites for hydroxylation is 1. The van der Waals surface area contributed by atoms with Gasteiger partial charge in [-0.1, -0.05) is 0 Å². The number of hydrogen-bond acceptors (Lipinski definition) is 5. The van der Waals surface area contributed by atoms with Crippen LogP contribution >= 0.6 is 0 Å². The third-order valence-electron chi connectivity index (χ3n) is 4.65. The summed E-state index contributed by atoms with van der Waals surface area (Å²) >= 11 is 0. The zero-order valence-corrected chi connectivity index (χ0v) is 13.5. The number of hydrogen-bond donors (Lipinski definition) is 1. The lowest BCUT2D eigenvalue weighted by Crippen LogP contribution is -2.39. The molecule has 1 saturated heterocycles. The van der Waals surface area contributed by atoms with Gasteiger partial charge >= 0.3 is 0 Å². The minimum absolute atomic E-state index is 0.0958. The lowest BCUT2D eigenvalue weighted by molar-refractivity contribution is -0.141. The number of rotatable bonds is 4. The second kappa shape index (κ2) is 6.14. The van der Waals surface area contributed by atoms with Crippen LogP contribution in [0.25, 0.3) is 11.0 Å². The van der Waals surface area contributed by atoms with Crippen molar-refractivity contribution in [2.75, 3.05) is 37.9 Å². The first-order valence-corrected chi connectivity index (χ1v) is 7.66. The van der Waals surface area contributed by atoms with E-state index < -0.39 is 0 Å². The summed E-state index contributed by atoms with van der Waals surface area (Å²) in [5, 5.41) is 0. The van der Waals surface area contributed by atoms with Gasteiger partial charge in [0.1, 0.15) is 0 Å². The predicted octanol–water partition coefficient (Wildman–Crippen LogP) is 1.99. The van der Waals surface area contributed by atoms with Crippen LogP contribution < -0.4 is 10.6 Å². The molecule has 0 aliphatic carbocycles. The number of ether oxygens (including phenoxy) is 2. The van der Waals surface area contributed by atoms with Crippen molar-refractivity contribution in [3.05, 3.63) is 18.2 Å². The Morgan fingerprint density at radius 1 is 1.23 bits per heavy atom. The molecule has 1 aliphatic heterocycles. The zero-order valence-electron chi connectivity index (χ0n) is 13.5. The van der Waals surface area contributed by atoms with E-state index in [1.54, 1.807) is 14.2 Å². The molecule has 3 rings (SSSR count). The smallest absolute Gasteiger partial charge is 0.200 e. The number of aromatic nitrogens is 2. The van der Waals surface area contributed by atoms with Gasteiger partial charge in [-0.15, -0.1) is 0 Å². The average Bonchev–Trinajstić information content (AvgIpc) is 2.84. The molecule has 0 bridgehead atoms. The number of piperidine rings is 1. The van der Waals surface area contributed by atoms with Gasteiger partial charge in [0.05, 0.1) is 11.0 Å². The molecule has 0 saturated carbocycles. The summed E-state index contributed by atoms with van der Waals surface area (Å²) in [6, 6.07) is 6.34. The molecule has 6 heteroatoms. The highest BCUT2D eigenvalue weighted by molar-refractivity contribution is 5.82. The highest BCUT2D eigenvalue weighted by Crippen LogP contribution is 2.29. The number of methoxy groups -OCH3 is 2. The lowest BCUT2D eigenvalue weighted by Gasteiger charge is -2.36. The van der Waals surface area contributed by atoms with Crippen molar-refractivity contribution in [3.8, 4) is 0 Å². The Balaban J connectivity index is 1.75. The first kappa shape index (κ1) is 15.1. The molecule has 120 valence electrons. The molecule has 0 radical (unpaired) electrons. The molecule has 2 heterocycles. The Morgan fingerprint density at radius 3 is 2.55 bits per heavy atom. The van der Waals surface area contributed by atoms with Crippen LogP contribution in [0.1, 0.15) is 12.8 Å². The standard InChI is InChI=1S/C16H24N4O2/c1-19-14-10-12(4-5-13(14)18-16(19)17)20-8-6-11(7-9-20)15(21-2)22-3/h4-5,10-11,15H,6-9H2,1-3H3,(H2,17,18). The van der Waals surface area contributed by atoms with Gasteiger partial charge in [0, 0.05) is 46.0 Å². The Hall–Kier alpha value is -1.79. The van der Waals surface area contributed by atoms with Gasteiger partial charge in [-0.25, -0.2) is 4.98 Å². The number of nitrogens with two attached hydrogens (primary N) is 1. The predicted molar refractivity (Wildman–Crippen MR) is 87.9 cm³/mol. The summed E-state index contributed by atoms with van der Waals surface area (Å²) < 4.78 is 12.7. The highest BCUT2D eigenvalue weighted by Gasteiger charge is 2.26. The van der Waals surface area contributed by atoms with Crippen LogP contribution in [0.5, 0.6) is 0 Å². The highest BCUT2D eigenvalue weighted by atomic mass is 16.7. The van der Waals surface area contributed by atoms with Crippen molar-refractivity contribution in [1.82, 2.24) is 9.55 Å². The summed E-state index contributed by atoms with van der Waals surface area (Å²) in [6.45, 7) is 2.01. The first-order chi connectivity index (χ1) is 10.6. The molecule has 1 aliphatic rings. The summed E-state index contributed by atoms with van der Waals surface area (Å²) in [5.41, 5.74) is 9.11. The largest absolute Gasteiger partial charge is 0.371 e. The van der Waals surface area contributed by atoms with Crippen molar-refractivity contribution in [2.24, 2.45) is 13.0 Å². The third-order valence-corrected chi connectivity index (χ3v) is 4.65. The fraction of sp³-hybridized carbons (Fsp3) is 0.562. The molecule has 6 nitrogen and oxygen atoms in total. The Labute approximate surface area is 130 Å². The molecule has 2 aromatic rings. The van der Waals surface area contributed by atoms with Crippen molar-refractivity contribution in [3.63, 3.8) is 0 Å². The first-order valence-electron chi connectivity index (χ1n) is 7.66. The minimum Gasteiger partial charge on any atom is -0.371 e. The maximum Gasteiger partial charge on any atom is 0.200 e. The molecule has 1 fully saturated rings. The van der Waals surface area contributed by atoms with Gasteiger partial charge in [0.15, 0.2) is 6.29 Å². The molecule has 0 atom stereocenters. The van der Waals surface area contributed by atoms with E-state index in [4.69, 9.17) is 15.2 Å². The van der Waals surface area contributed by atoms with E-state index in [0.717, 1.165) is 37.0 Å². The third kappa shape index (κ3) is 2.64. The summed E-state index contributed by atoms with van der Waals surface area (Å²) in [5.74, 6) is 1.01. The fourth-order valence-electron chi connectivity index (χ4n) is 3.30. The van der Waals surface area contributed by atoms with Crippen LogP contribution in [0, 0.1) is 5.92 Å². The Morgan fingerprint density at radius 2 is 1.91 bits per heavy atom. The van der Waals surface area contributed by atoms with E-state index in [2.05, 4.69) is 22.0 Å². The van der Waals surface area contributed by atoms with Gasteiger partial charge in [-0.05, 0) is 31.0 Å². The van der Waals surface area contributed by atoms with E-state index in [1.165, 1.54) is 5.69 Å². The molecule has 0 spiro atoms. The molecular weight excluding hydrogens is 280 g/mol. The molecule has 2 N–H and O–H groups in total. The number of imidazole rings is 1. The van der Waals surface area contributed by atoms with Gasteiger partial charge in [0.25, 0.3) is 0 Å². The lowest BCUT2D eigenvalue weighted by atomic mass is 9.95. The van der Waals surface area contributed by atoms with Crippen molar-refractivity contribution >= 4 is 22.7 Å². The second-order valence-corrected chi connectivity index (χ2v) is 5.87. The molecule has 0 unspecified atom stereocenters. The zero-order chi connectivity index (χ0) is 15.7. The van der Waals surface area contributed by atoms with E-state index in [-0.39, 0.29) is 6.29 Å². The second-order valence-electron chi connectivity index (χ2n) is 5.87. The summed E-state index contributed by atoms with van der Waals surface area (Å²) in [4.78, 5) is 6.75. The van der Waals surface area contributed by atoms with Gasteiger partial charge in [-0.2, -0.15) is 0 Å². The molecule has 0 amide bonds. The number of nitrogen functional groups attached to an aromatic ring is 1. The number of anilines is 2. The molecule has 1 aromatic heterocycles.